The van der Waals surface area contributed by atoms with Crippen molar-refractivity contribution in [3.63, 3.8) is 0 Å². The molecule has 4 aromatic heterocycles. The first-order chi connectivity index (χ1) is 14.6. The summed E-state index contributed by atoms with van der Waals surface area (Å²) < 4.78 is 45.2. The van der Waals surface area contributed by atoms with E-state index in [2.05, 4.69) is 15.1 Å². The summed E-state index contributed by atoms with van der Waals surface area (Å²) in [5, 5.41) is 15.0. The summed E-state index contributed by atoms with van der Waals surface area (Å²) in [6.45, 7) is 2.25. The summed E-state index contributed by atoms with van der Waals surface area (Å²) in [6.07, 6.45) is -0.444. The highest BCUT2D eigenvalue weighted by molar-refractivity contribution is 5.93. The molecule has 0 spiro atoms. The Balaban J connectivity index is 1.86. The third-order valence-corrected chi connectivity index (χ3v) is 4.93. The number of ether oxygens (including phenoxy) is 1. The minimum Gasteiger partial charge on any atom is -0.494 e. The third-order valence-electron chi connectivity index (χ3n) is 4.93. The van der Waals surface area contributed by atoms with Crippen LogP contribution in [0.4, 0.5) is 13.2 Å². The Bertz CT molecular complexity index is 1350. The van der Waals surface area contributed by atoms with Crippen LogP contribution in [0.25, 0.3) is 27.8 Å². The number of nitrogens with one attached hydrogen (secondary N) is 1. The molecule has 0 saturated carbocycles. The van der Waals surface area contributed by atoms with Crippen molar-refractivity contribution in [3.8, 4) is 28.6 Å². The van der Waals surface area contributed by atoms with Crippen LogP contribution in [-0.4, -0.2) is 42.7 Å². The predicted octanol–water partition coefficient (Wildman–Crippen LogP) is 3.47. The molecule has 8 nitrogen and oxygen atoms in total. The van der Waals surface area contributed by atoms with Crippen molar-refractivity contribution in [2.75, 3.05) is 7.11 Å². The Morgan fingerprint density at radius 2 is 2.00 bits per heavy atom. The second kappa shape index (κ2) is 7.18. The molecule has 0 aliphatic rings. The number of nitrogens with zero attached hydrogens (tertiary/aromatic N) is 4. The summed E-state index contributed by atoms with van der Waals surface area (Å²) in [4.78, 5) is 18.9. The number of aromatic hydroxyl groups is 1. The number of aromatic nitrogens is 5. The standard InChI is InChI=1S/C20H18F3N5O3/c1-10-4-14(12-5-15(31-3)18(29)24-6-12)26-17-11(2)28(19(30)16(10)17)13-7-25-27(8-13)9-20(21,22)23/h4-8,30H,9H2,1-3H3,(H,24,29). The molecular formula is C20H18F3N5O3. The van der Waals surface area contributed by atoms with E-state index in [-0.39, 0.29) is 22.9 Å². The van der Waals surface area contributed by atoms with Crippen LogP contribution in [0.2, 0.25) is 0 Å². The van der Waals surface area contributed by atoms with E-state index in [9.17, 15) is 23.1 Å². The molecule has 0 aliphatic carbocycles. The molecule has 2 N–H and O–H groups in total. The fraction of sp³-hybridized carbons (Fsp3) is 0.250. The highest BCUT2D eigenvalue weighted by Gasteiger charge is 2.29. The van der Waals surface area contributed by atoms with Gasteiger partial charge in [0.25, 0.3) is 5.56 Å². The molecule has 0 atom stereocenters. The zero-order chi connectivity index (χ0) is 22.5. The molecule has 0 aromatic carbocycles. The highest BCUT2D eigenvalue weighted by Crippen LogP contribution is 2.37. The van der Waals surface area contributed by atoms with Crippen molar-refractivity contribution >= 4 is 10.9 Å². The number of hydrogen-bond acceptors (Lipinski definition) is 5. The van der Waals surface area contributed by atoms with Crippen molar-refractivity contribution < 1.29 is 23.0 Å². The molecule has 0 fully saturated rings. The van der Waals surface area contributed by atoms with Crippen molar-refractivity contribution in [2.45, 2.75) is 26.6 Å². The normalized spacial score (nSPS) is 11.9. The lowest BCUT2D eigenvalue weighted by Crippen LogP contribution is -2.17. The molecule has 11 heteroatoms. The minimum absolute atomic E-state index is 0.131. The van der Waals surface area contributed by atoms with Gasteiger partial charge in [-0.3, -0.25) is 14.0 Å². The molecule has 0 aliphatic heterocycles. The number of aromatic amines is 1. The number of aryl methyl sites for hydroxylation is 2. The number of halogens is 3. The Morgan fingerprint density at radius 3 is 2.68 bits per heavy atom. The Kier molecular flexibility index (Phi) is 4.75. The van der Waals surface area contributed by atoms with Crippen molar-refractivity contribution in [3.05, 3.63) is 52.3 Å². The summed E-state index contributed by atoms with van der Waals surface area (Å²) in [5.41, 5.74) is 2.75. The highest BCUT2D eigenvalue weighted by atomic mass is 19.4. The van der Waals surface area contributed by atoms with Gasteiger partial charge in [0.2, 0.25) is 5.88 Å². The zero-order valence-electron chi connectivity index (χ0n) is 16.8. The number of hydrogen-bond donors (Lipinski definition) is 2. The van der Waals surface area contributed by atoms with E-state index in [0.29, 0.717) is 33.4 Å². The van der Waals surface area contributed by atoms with Gasteiger partial charge in [-0.05, 0) is 31.5 Å². The van der Waals surface area contributed by atoms with Gasteiger partial charge in [-0.1, -0.05) is 0 Å². The molecule has 0 amide bonds. The largest absolute Gasteiger partial charge is 0.494 e. The van der Waals surface area contributed by atoms with E-state index in [1.807, 2.05) is 0 Å². The van der Waals surface area contributed by atoms with Gasteiger partial charge < -0.3 is 14.8 Å². The molecular weight excluding hydrogens is 415 g/mol. The molecule has 4 aromatic rings. The average Bonchev–Trinajstić information content (AvgIpc) is 3.23. The van der Waals surface area contributed by atoms with Crippen LogP contribution in [0, 0.1) is 13.8 Å². The van der Waals surface area contributed by atoms with Crippen LogP contribution in [0.5, 0.6) is 11.6 Å². The Morgan fingerprint density at radius 1 is 1.26 bits per heavy atom. The number of rotatable bonds is 4. The van der Waals surface area contributed by atoms with Gasteiger partial charge >= 0.3 is 6.18 Å². The molecule has 31 heavy (non-hydrogen) atoms. The molecule has 162 valence electrons. The van der Waals surface area contributed by atoms with Gasteiger partial charge in [-0.25, -0.2) is 4.98 Å². The second-order valence-electron chi connectivity index (χ2n) is 7.09. The van der Waals surface area contributed by atoms with E-state index in [1.165, 1.54) is 30.3 Å². The fourth-order valence-corrected chi connectivity index (χ4v) is 3.56. The lowest BCUT2D eigenvalue weighted by molar-refractivity contribution is -0.142. The maximum atomic E-state index is 12.7. The first kappa shape index (κ1) is 20.5. The van der Waals surface area contributed by atoms with Crippen LogP contribution < -0.4 is 10.3 Å². The Hall–Kier alpha value is -3.76. The maximum absolute atomic E-state index is 12.7. The van der Waals surface area contributed by atoms with Crippen LogP contribution in [0.15, 0.2) is 35.5 Å². The van der Waals surface area contributed by atoms with E-state index < -0.39 is 12.7 Å². The maximum Gasteiger partial charge on any atom is 0.408 e. The first-order valence-corrected chi connectivity index (χ1v) is 9.17. The summed E-state index contributed by atoms with van der Waals surface area (Å²) in [5.74, 6) is -0.0130. The second-order valence-corrected chi connectivity index (χ2v) is 7.09. The van der Waals surface area contributed by atoms with Crippen molar-refractivity contribution in [1.29, 1.82) is 0 Å². The quantitative estimate of drug-likeness (QED) is 0.514. The van der Waals surface area contributed by atoms with Gasteiger partial charge in [-0.2, -0.15) is 18.3 Å². The lowest BCUT2D eigenvalue weighted by Gasteiger charge is -2.06. The molecule has 0 bridgehead atoms. The predicted molar refractivity (Wildman–Crippen MR) is 107 cm³/mol. The van der Waals surface area contributed by atoms with Crippen LogP contribution in [-0.2, 0) is 6.54 Å². The monoisotopic (exact) mass is 433 g/mol. The number of alkyl halides is 3. The number of pyridine rings is 2. The summed E-state index contributed by atoms with van der Waals surface area (Å²) >= 11 is 0. The zero-order valence-corrected chi connectivity index (χ0v) is 16.8. The lowest BCUT2D eigenvalue weighted by atomic mass is 10.1. The SMILES string of the molecule is COc1cc(-c2cc(C)c3c(O)n(-c4cnn(CC(F)(F)F)c4)c(C)c3n2)c[nH]c1=O. The smallest absolute Gasteiger partial charge is 0.408 e. The van der Waals surface area contributed by atoms with E-state index >= 15 is 0 Å². The van der Waals surface area contributed by atoms with E-state index in [4.69, 9.17) is 4.74 Å². The average molecular weight is 433 g/mol. The molecule has 0 radical (unpaired) electrons. The van der Waals surface area contributed by atoms with Crippen molar-refractivity contribution in [1.82, 2.24) is 24.3 Å². The molecule has 0 saturated heterocycles. The molecule has 0 unspecified atom stereocenters. The van der Waals surface area contributed by atoms with Gasteiger partial charge in [-0.15, -0.1) is 0 Å². The molecule has 4 rings (SSSR count). The fourth-order valence-electron chi connectivity index (χ4n) is 3.56. The van der Waals surface area contributed by atoms with Gasteiger partial charge in [0.15, 0.2) is 5.75 Å². The van der Waals surface area contributed by atoms with Crippen LogP contribution in [0.3, 0.4) is 0 Å². The molecule has 4 heterocycles. The first-order valence-electron chi connectivity index (χ1n) is 9.17. The third kappa shape index (κ3) is 3.62. The van der Waals surface area contributed by atoms with Gasteiger partial charge in [0.1, 0.15) is 6.54 Å². The number of fused-ring (bicyclic) bond motifs is 1. The van der Waals surface area contributed by atoms with Crippen LogP contribution >= 0.6 is 0 Å². The van der Waals surface area contributed by atoms with Crippen molar-refractivity contribution in [2.24, 2.45) is 0 Å². The summed E-state index contributed by atoms with van der Waals surface area (Å²) in [7, 11) is 1.39. The van der Waals surface area contributed by atoms with Gasteiger partial charge in [0, 0.05) is 23.7 Å². The van der Waals surface area contributed by atoms with E-state index in [0.717, 1.165) is 4.68 Å². The summed E-state index contributed by atoms with van der Waals surface area (Å²) in [6, 6.07) is 3.30. The topological polar surface area (TPSA) is 98.0 Å². The van der Waals surface area contributed by atoms with E-state index in [1.54, 1.807) is 26.0 Å². The Labute approximate surface area is 173 Å². The number of H-pyrrole nitrogens is 1. The van der Waals surface area contributed by atoms with Gasteiger partial charge in [0.05, 0.1) is 35.6 Å². The van der Waals surface area contributed by atoms with Crippen LogP contribution in [0.1, 0.15) is 11.3 Å². The number of methoxy groups -OCH3 is 1. The minimum atomic E-state index is -4.41.